The molecule has 2 aliphatic heterocycles. The number of primary amides is 1. The van der Waals surface area contributed by atoms with Gasteiger partial charge in [0.2, 0.25) is 11.8 Å². The largest absolute Gasteiger partial charge is 0.444 e. The van der Waals surface area contributed by atoms with Crippen LogP contribution in [-0.2, 0) is 14.3 Å². The fraction of sp³-hybridized carbons (Fsp3) is 0.824. The average molecular weight is 339 g/mol. The second-order valence-corrected chi connectivity index (χ2v) is 7.84. The highest BCUT2D eigenvalue weighted by atomic mass is 16.6. The predicted molar refractivity (Wildman–Crippen MR) is 89.0 cm³/mol. The number of amides is 3. The average Bonchev–Trinajstić information content (AvgIpc) is 2.85. The van der Waals surface area contributed by atoms with Gasteiger partial charge in [-0.15, -0.1) is 0 Å². The van der Waals surface area contributed by atoms with Crippen LogP contribution in [0.2, 0.25) is 0 Å². The van der Waals surface area contributed by atoms with E-state index in [1.54, 1.807) is 9.80 Å². The maximum atomic E-state index is 12.0. The summed E-state index contributed by atoms with van der Waals surface area (Å²) >= 11 is 0. The fourth-order valence-corrected chi connectivity index (χ4v) is 3.25. The van der Waals surface area contributed by atoms with E-state index >= 15 is 0 Å². The monoisotopic (exact) mass is 339 g/mol. The molecule has 0 aromatic rings. The highest BCUT2D eigenvalue weighted by Crippen LogP contribution is 2.24. The first-order chi connectivity index (χ1) is 11.2. The Morgan fingerprint density at radius 1 is 1.25 bits per heavy atom. The molecule has 0 saturated carbocycles. The van der Waals surface area contributed by atoms with Crippen molar-refractivity contribution in [2.75, 3.05) is 26.2 Å². The lowest BCUT2D eigenvalue weighted by Crippen LogP contribution is -2.42. The van der Waals surface area contributed by atoms with Gasteiger partial charge in [0.25, 0.3) is 0 Å². The van der Waals surface area contributed by atoms with Crippen LogP contribution in [0.4, 0.5) is 4.79 Å². The summed E-state index contributed by atoms with van der Waals surface area (Å²) in [7, 11) is 0. The first-order valence-corrected chi connectivity index (χ1v) is 8.70. The van der Waals surface area contributed by atoms with Crippen LogP contribution in [-0.4, -0.2) is 59.5 Å². The summed E-state index contributed by atoms with van der Waals surface area (Å²) in [5.41, 5.74) is 4.81. The lowest BCUT2D eigenvalue weighted by atomic mass is 9.93. The third-order valence-electron chi connectivity index (χ3n) is 4.69. The van der Waals surface area contributed by atoms with Crippen LogP contribution in [0.3, 0.4) is 0 Å². The van der Waals surface area contributed by atoms with E-state index in [9.17, 15) is 14.4 Å². The third kappa shape index (κ3) is 5.11. The smallest absolute Gasteiger partial charge is 0.410 e. The number of nitrogens with zero attached hydrogens (tertiary/aromatic N) is 2. The quantitative estimate of drug-likeness (QED) is 0.837. The zero-order valence-corrected chi connectivity index (χ0v) is 14.9. The van der Waals surface area contributed by atoms with Crippen molar-refractivity contribution >= 4 is 17.9 Å². The van der Waals surface area contributed by atoms with Crippen molar-refractivity contribution in [3.8, 4) is 0 Å². The number of rotatable bonds is 4. The van der Waals surface area contributed by atoms with Crippen LogP contribution in [0.1, 0.15) is 46.5 Å². The molecule has 7 heteroatoms. The van der Waals surface area contributed by atoms with Crippen LogP contribution >= 0.6 is 0 Å². The maximum Gasteiger partial charge on any atom is 0.410 e. The minimum absolute atomic E-state index is 0.0185. The zero-order chi connectivity index (χ0) is 17.9. The van der Waals surface area contributed by atoms with E-state index in [0.29, 0.717) is 32.1 Å². The molecule has 0 bridgehead atoms. The standard InChI is InChI=1S/C17H29N3O4/c1-17(2,3)24-16(23)19-7-4-12(5-8-19)6-9-20-11-13(15(18)22)10-14(20)21/h12-13H,4-11H2,1-3H3,(H2,18,22). The topological polar surface area (TPSA) is 92.9 Å². The summed E-state index contributed by atoms with van der Waals surface area (Å²) in [4.78, 5) is 38.6. The molecule has 0 aromatic heterocycles. The fourth-order valence-electron chi connectivity index (χ4n) is 3.25. The summed E-state index contributed by atoms with van der Waals surface area (Å²) < 4.78 is 5.39. The van der Waals surface area contributed by atoms with E-state index in [1.165, 1.54) is 0 Å². The number of carbonyl (C=O) groups is 3. The molecular formula is C17H29N3O4. The van der Waals surface area contributed by atoms with Crippen molar-refractivity contribution in [2.45, 2.75) is 52.1 Å². The van der Waals surface area contributed by atoms with Gasteiger partial charge in [-0.25, -0.2) is 4.79 Å². The Bertz CT molecular complexity index is 493. The zero-order valence-electron chi connectivity index (χ0n) is 14.9. The summed E-state index contributed by atoms with van der Waals surface area (Å²) in [5, 5.41) is 0. The summed E-state index contributed by atoms with van der Waals surface area (Å²) in [6.45, 7) is 8.09. The Hall–Kier alpha value is -1.79. The molecule has 2 fully saturated rings. The number of ether oxygens (including phenoxy) is 1. The number of piperidine rings is 1. The van der Waals surface area contributed by atoms with Crippen molar-refractivity contribution in [1.82, 2.24) is 9.80 Å². The molecule has 0 aromatic carbocycles. The SMILES string of the molecule is CC(C)(C)OC(=O)N1CCC(CCN2CC(C(N)=O)CC2=O)CC1. The van der Waals surface area contributed by atoms with Gasteiger partial charge in [0.1, 0.15) is 5.60 Å². The lowest BCUT2D eigenvalue weighted by molar-refractivity contribution is -0.128. The van der Waals surface area contributed by atoms with E-state index in [1.807, 2.05) is 20.8 Å². The van der Waals surface area contributed by atoms with Gasteiger partial charge in [-0.2, -0.15) is 0 Å². The Morgan fingerprint density at radius 2 is 1.88 bits per heavy atom. The molecule has 1 unspecified atom stereocenters. The molecule has 2 rings (SSSR count). The Balaban J connectivity index is 1.71. The number of hydrogen-bond donors (Lipinski definition) is 1. The highest BCUT2D eigenvalue weighted by molar-refractivity contribution is 5.88. The van der Waals surface area contributed by atoms with Crippen molar-refractivity contribution in [3.63, 3.8) is 0 Å². The minimum atomic E-state index is -0.471. The van der Waals surface area contributed by atoms with Crippen molar-refractivity contribution in [1.29, 1.82) is 0 Å². The van der Waals surface area contributed by atoms with E-state index in [-0.39, 0.29) is 24.3 Å². The molecule has 24 heavy (non-hydrogen) atoms. The molecule has 2 N–H and O–H groups in total. The molecular weight excluding hydrogens is 310 g/mol. The van der Waals surface area contributed by atoms with Gasteiger partial charge in [0.15, 0.2) is 0 Å². The summed E-state index contributed by atoms with van der Waals surface area (Å²) in [6.07, 6.45) is 2.73. The molecule has 1 atom stereocenters. The normalized spacial score (nSPS) is 22.8. The Kier molecular flexibility index (Phi) is 5.72. The molecule has 2 saturated heterocycles. The Labute approximate surface area is 143 Å². The second kappa shape index (κ2) is 7.40. The first kappa shape index (κ1) is 18.5. The predicted octanol–water partition coefficient (Wildman–Crippen LogP) is 1.36. The van der Waals surface area contributed by atoms with Gasteiger partial charge in [0.05, 0.1) is 5.92 Å². The van der Waals surface area contributed by atoms with Crippen LogP contribution in [0.15, 0.2) is 0 Å². The maximum absolute atomic E-state index is 12.0. The molecule has 2 aliphatic rings. The molecule has 2 heterocycles. The molecule has 0 spiro atoms. The van der Waals surface area contributed by atoms with Gasteiger partial charge in [-0.05, 0) is 46.0 Å². The van der Waals surface area contributed by atoms with Gasteiger partial charge in [-0.1, -0.05) is 0 Å². The van der Waals surface area contributed by atoms with Gasteiger partial charge in [-0.3, -0.25) is 9.59 Å². The Morgan fingerprint density at radius 3 is 2.38 bits per heavy atom. The number of likely N-dealkylation sites (tertiary alicyclic amines) is 2. The van der Waals surface area contributed by atoms with Crippen molar-refractivity contribution in [2.24, 2.45) is 17.6 Å². The van der Waals surface area contributed by atoms with Crippen molar-refractivity contribution in [3.05, 3.63) is 0 Å². The lowest BCUT2D eigenvalue weighted by Gasteiger charge is -2.34. The number of carbonyl (C=O) groups excluding carboxylic acids is 3. The van der Waals surface area contributed by atoms with Crippen LogP contribution in [0, 0.1) is 11.8 Å². The van der Waals surface area contributed by atoms with Crippen LogP contribution in [0.5, 0.6) is 0 Å². The molecule has 0 radical (unpaired) electrons. The molecule has 136 valence electrons. The van der Waals surface area contributed by atoms with Gasteiger partial charge >= 0.3 is 6.09 Å². The van der Waals surface area contributed by atoms with E-state index in [4.69, 9.17) is 10.5 Å². The number of hydrogen-bond acceptors (Lipinski definition) is 4. The van der Waals surface area contributed by atoms with E-state index in [0.717, 1.165) is 19.3 Å². The van der Waals surface area contributed by atoms with Gasteiger partial charge in [0, 0.05) is 32.6 Å². The van der Waals surface area contributed by atoms with Crippen molar-refractivity contribution < 1.29 is 19.1 Å². The molecule has 0 aliphatic carbocycles. The summed E-state index contributed by atoms with van der Waals surface area (Å²) in [6, 6.07) is 0. The van der Waals surface area contributed by atoms with E-state index in [2.05, 4.69) is 0 Å². The van der Waals surface area contributed by atoms with Crippen LogP contribution in [0.25, 0.3) is 0 Å². The van der Waals surface area contributed by atoms with Crippen LogP contribution < -0.4 is 5.73 Å². The molecule has 7 nitrogen and oxygen atoms in total. The first-order valence-electron chi connectivity index (χ1n) is 8.70. The number of nitrogens with two attached hydrogens (primary N) is 1. The third-order valence-corrected chi connectivity index (χ3v) is 4.69. The molecule has 3 amide bonds. The highest BCUT2D eigenvalue weighted by Gasteiger charge is 2.33. The second-order valence-electron chi connectivity index (χ2n) is 7.84. The summed E-state index contributed by atoms with van der Waals surface area (Å²) in [5.74, 6) is -0.225. The minimum Gasteiger partial charge on any atom is -0.444 e. The van der Waals surface area contributed by atoms with Gasteiger partial charge < -0.3 is 20.3 Å². The van der Waals surface area contributed by atoms with E-state index < -0.39 is 11.5 Å².